The minimum Gasteiger partial charge on any atom is -0.508 e. The molecule has 24 heavy (non-hydrogen) atoms. The Hall–Kier alpha value is -3.22. The fourth-order valence-corrected chi connectivity index (χ4v) is 2.34. The van der Waals surface area contributed by atoms with Crippen molar-refractivity contribution in [2.24, 2.45) is 5.10 Å². The van der Waals surface area contributed by atoms with E-state index in [1.54, 1.807) is 24.3 Å². The number of rotatable bonds is 5. The minimum absolute atomic E-state index is 0.0383. The van der Waals surface area contributed by atoms with Crippen LogP contribution in [0.15, 0.2) is 53.6 Å². The van der Waals surface area contributed by atoms with E-state index >= 15 is 0 Å². The van der Waals surface area contributed by atoms with E-state index in [1.165, 1.54) is 4.68 Å². The minimum atomic E-state index is -0.282. The largest absolute Gasteiger partial charge is 0.508 e. The van der Waals surface area contributed by atoms with Crippen LogP contribution in [0.25, 0.3) is 11.0 Å². The lowest BCUT2D eigenvalue weighted by Gasteiger charge is -2.06. The predicted molar refractivity (Wildman–Crippen MR) is 90.6 cm³/mol. The van der Waals surface area contributed by atoms with Crippen molar-refractivity contribution in [2.45, 2.75) is 19.9 Å². The molecule has 0 aliphatic carbocycles. The average Bonchev–Trinajstić information content (AvgIpc) is 3.00. The molecule has 0 saturated heterocycles. The number of carbonyl (C=O) groups is 1. The molecule has 3 aromatic rings. The zero-order valence-corrected chi connectivity index (χ0v) is 13.2. The monoisotopic (exact) mass is 323 g/mol. The third-order valence-corrected chi connectivity index (χ3v) is 3.56. The number of amides is 1. The van der Waals surface area contributed by atoms with Gasteiger partial charge in [0.2, 0.25) is 0 Å². The van der Waals surface area contributed by atoms with Gasteiger partial charge in [-0.1, -0.05) is 24.3 Å². The number of aromatic nitrogens is 3. The maximum atomic E-state index is 12.1. The lowest BCUT2D eigenvalue weighted by atomic mass is 10.1. The number of benzene rings is 2. The Kier molecular flexibility index (Phi) is 4.51. The molecule has 1 heterocycles. The highest BCUT2D eigenvalue weighted by molar-refractivity contribution is 6.01. The number of carbonyl (C=O) groups excluding carboxylic acids is 1. The molecule has 0 spiro atoms. The smallest absolute Gasteiger partial charge is 0.261 e. The number of nitrogens with zero attached hydrogens (tertiary/aromatic N) is 4. The van der Waals surface area contributed by atoms with Crippen molar-refractivity contribution in [1.82, 2.24) is 20.4 Å². The standard InChI is InChI=1S/C17H17N5O2/c1-2-14(12-7-9-13(23)10-8-12)18-20-17(24)11-22-16-6-4-3-5-15(16)19-21-22/h3-10,23H,2,11H2,1H3,(H,20,24)/b18-14-. The molecular formula is C17H17N5O2. The molecule has 2 N–H and O–H groups in total. The van der Waals surface area contributed by atoms with Gasteiger partial charge in [-0.25, -0.2) is 10.1 Å². The van der Waals surface area contributed by atoms with E-state index < -0.39 is 0 Å². The fraction of sp³-hybridized carbons (Fsp3) is 0.176. The van der Waals surface area contributed by atoms with E-state index in [1.807, 2.05) is 31.2 Å². The van der Waals surface area contributed by atoms with Gasteiger partial charge in [0.1, 0.15) is 17.8 Å². The van der Waals surface area contributed by atoms with Gasteiger partial charge in [-0.2, -0.15) is 5.10 Å². The van der Waals surface area contributed by atoms with Crippen LogP contribution in [0, 0.1) is 0 Å². The van der Waals surface area contributed by atoms with E-state index in [9.17, 15) is 9.90 Å². The number of nitrogens with one attached hydrogen (secondary N) is 1. The highest BCUT2D eigenvalue weighted by Gasteiger charge is 2.08. The molecule has 7 heteroatoms. The number of aromatic hydroxyl groups is 1. The molecule has 2 aromatic carbocycles. The average molecular weight is 323 g/mol. The Morgan fingerprint density at radius 1 is 1.21 bits per heavy atom. The van der Waals surface area contributed by atoms with Crippen molar-refractivity contribution in [2.75, 3.05) is 0 Å². The maximum absolute atomic E-state index is 12.1. The summed E-state index contributed by atoms with van der Waals surface area (Å²) in [6.07, 6.45) is 0.650. The van der Waals surface area contributed by atoms with Crippen LogP contribution in [0.3, 0.4) is 0 Å². The van der Waals surface area contributed by atoms with E-state index in [4.69, 9.17) is 0 Å². The van der Waals surface area contributed by atoms with E-state index in [0.717, 1.165) is 22.3 Å². The van der Waals surface area contributed by atoms with Crippen molar-refractivity contribution in [3.63, 3.8) is 0 Å². The molecule has 7 nitrogen and oxygen atoms in total. The Bertz CT molecular complexity index is 883. The summed E-state index contributed by atoms with van der Waals surface area (Å²) >= 11 is 0. The number of hydrazone groups is 1. The number of para-hydroxylation sites is 1. The Balaban J connectivity index is 1.70. The van der Waals surface area contributed by atoms with Gasteiger partial charge in [-0.05, 0) is 48.4 Å². The quantitative estimate of drug-likeness (QED) is 0.555. The second-order valence-electron chi connectivity index (χ2n) is 5.23. The molecule has 0 bridgehead atoms. The van der Waals surface area contributed by atoms with Crippen LogP contribution < -0.4 is 5.43 Å². The lowest BCUT2D eigenvalue weighted by Crippen LogP contribution is -2.25. The summed E-state index contributed by atoms with van der Waals surface area (Å²) in [5, 5.41) is 21.5. The van der Waals surface area contributed by atoms with E-state index in [-0.39, 0.29) is 18.2 Å². The van der Waals surface area contributed by atoms with Crippen molar-refractivity contribution in [3.8, 4) is 5.75 Å². The van der Waals surface area contributed by atoms with Crippen LogP contribution in [0.5, 0.6) is 5.75 Å². The Labute approximate surface area is 138 Å². The first kappa shape index (κ1) is 15.7. The lowest BCUT2D eigenvalue weighted by molar-refractivity contribution is -0.121. The van der Waals surface area contributed by atoms with Gasteiger partial charge in [-0.3, -0.25) is 4.79 Å². The normalized spacial score (nSPS) is 11.6. The zero-order valence-electron chi connectivity index (χ0n) is 13.2. The molecular weight excluding hydrogens is 306 g/mol. The highest BCUT2D eigenvalue weighted by Crippen LogP contribution is 2.12. The van der Waals surface area contributed by atoms with Gasteiger partial charge < -0.3 is 5.11 Å². The van der Waals surface area contributed by atoms with Gasteiger partial charge in [0.05, 0.1) is 11.2 Å². The topological polar surface area (TPSA) is 92.4 Å². The SMILES string of the molecule is CC/C(=N/NC(=O)Cn1nnc2ccccc21)c1ccc(O)cc1. The summed E-state index contributed by atoms with van der Waals surface area (Å²) in [5.41, 5.74) is 5.66. The highest BCUT2D eigenvalue weighted by atomic mass is 16.3. The van der Waals surface area contributed by atoms with E-state index in [2.05, 4.69) is 20.8 Å². The van der Waals surface area contributed by atoms with Gasteiger partial charge in [0, 0.05) is 0 Å². The molecule has 3 rings (SSSR count). The van der Waals surface area contributed by atoms with Crippen LogP contribution in [-0.4, -0.2) is 31.7 Å². The molecule has 0 aliphatic rings. The van der Waals surface area contributed by atoms with Crippen LogP contribution in [0.1, 0.15) is 18.9 Å². The summed E-state index contributed by atoms with van der Waals surface area (Å²) in [5.74, 6) is -0.0910. The van der Waals surface area contributed by atoms with Gasteiger partial charge in [-0.15, -0.1) is 5.10 Å². The molecule has 0 fully saturated rings. The van der Waals surface area contributed by atoms with E-state index in [0.29, 0.717) is 6.42 Å². The molecule has 0 saturated carbocycles. The molecule has 0 radical (unpaired) electrons. The first-order chi connectivity index (χ1) is 11.7. The third-order valence-electron chi connectivity index (χ3n) is 3.56. The summed E-state index contributed by atoms with van der Waals surface area (Å²) in [6, 6.07) is 14.1. The van der Waals surface area contributed by atoms with Gasteiger partial charge in [0.15, 0.2) is 0 Å². The summed E-state index contributed by atoms with van der Waals surface area (Å²) in [7, 11) is 0. The third kappa shape index (κ3) is 3.40. The van der Waals surface area contributed by atoms with Crippen LogP contribution in [0.2, 0.25) is 0 Å². The Morgan fingerprint density at radius 2 is 1.96 bits per heavy atom. The number of phenolic OH excluding ortho intramolecular Hbond substituents is 1. The number of hydrogen-bond donors (Lipinski definition) is 2. The summed E-state index contributed by atoms with van der Waals surface area (Å²) in [4.78, 5) is 12.1. The fourth-order valence-electron chi connectivity index (χ4n) is 2.34. The van der Waals surface area contributed by atoms with Crippen molar-refractivity contribution in [3.05, 3.63) is 54.1 Å². The molecule has 1 amide bonds. The van der Waals surface area contributed by atoms with Crippen LogP contribution in [-0.2, 0) is 11.3 Å². The molecule has 0 aliphatic heterocycles. The van der Waals surface area contributed by atoms with Crippen LogP contribution >= 0.6 is 0 Å². The molecule has 1 aromatic heterocycles. The first-order valence-electron chi connectivity index (χ1n) is 7.60. The number of fused-ring (bicyclic) bond motifs is 1. The predicted octanol–water partition coefficient (Wildman–Crippen LogP) is 2.07. The molecule has 0 unspecified atom stereocenters. The van der Waals surface area contributed by atoms with Gasteiger partial charge >= 0.3 is 0 Å². The van der Waals surface area contributed by atoms with Crippen LogP contribution in [0.4, 0.5) is 0 Å². The molecule has 0 atom stereocenters. The summed E-state index contributed by atoms with van der Waals surface area (Å²) < 4.78 is 1.53. The number of phenols is 1. The number of hydrogen-bond acceptors (Lipinski definition) is 5. The second kappa shape index (κ2) is 6.91. The summed E-state index contributed by atoms with van der Waals surface area (Å²) in [6.45, 7) is 1.99. The van der Waals surface area contributed by atoms with Crippen molar-refractivity contribution >= 4 is 22.7 Å². The zero-order chi connectivity index (χ0) is 16.9. The van der Waals surface area contributed by atoms with Crippen molar-refractivity contribution in [1.29, 1.82) is 0 Å². The second-order valence-corrected chi connectivity index (χ2v) is 5.23. The Morgan fingerprint density at radius 3 is 2.71 bits per heavy atom. The first-order valence-corrected chi connectivity index (χ1v) is 7.60. The van der Waals surface area contributed by atoms with Gasteiger partial charge in [0.25, 0.3) is 5.91 Å². The maximum Gasteiger partial charge on any atom is 0.261 e. The molecule has 122 valence electrons. The van der Waals surface area contributed by atoms with Crippen molar-refractivity contribution < 1.29 is 9.90 Å².